The number of benzene rings is 2. The van der Waals surface area contributed by atoms with Gasteiger partial charge in [0.05, 0.1) is 6.10 Å². The fourth-order valence-electron chi connectivity index (χ4n) is 5.34. The first kappa shape index (κ1) is 23.3. The van der Waals surface area contributed by atoms with Crippen molar-refractivity contribution in [2.75, 3.05) is 0 Å². The number of rotatable bonds is 4. The topological polar surface area (TPSA) is 18.5 Å². The van der Waals surface area contributed by atoms with Crippen LogP contribution in [0.4, 0.5) is 0 Å². The minimum Gasteiger partial charge on any atom is -0.381 e. The van der Waals surface area contributed by atoms with E-state index in [-0.39, 0.29) is 11.1 Å². The molecule has 4 rings (SSSR count). The largest absolute Gasteiger partial charge is 0.430 e. The summed E-state index contributed by atoms with van der Waals surface area (Å²) in [7, 11) is -2.90. The molecule has 2 aromatic rings. The molecule has 2 nitrogen and oxygen atoms in total. The van der Waals surface area contributed by atoms with Gasteiger partial charge >= 0.3 is 8.56 Å². The van der Waals surface area contributed by atoms with E-state index in [1.165, 1.54) is 24.0 Å². The maximum absolute atomic E-state index is 7.49. The molecule has 170 valence electrons. The van der Waals surface area contributed by atoms with Crippen molar-refractivity contribution in [2.45, 2.75) is 89.4 Å². The molecule has 2 fully saturated rings. The van der Waals surface area contributed by atoms with Crippen molar-refractivity contribution in [1.29, 1.82) is 0 Å². The third kappa shape index (κ3) is 4.21. The molecule has 0 spiro atoms. The van der Waals surface area contributed by atoms with Gasteiger partial charge in [-0.3, -0.25) is 0 Å². The van der Waals surface area contributed by atoms with Gasteiger partial charge in [-0.05, 0) is 30.4 Å². The van der Waals surface area contributed by atoms with E-state index in [2.05, 4.69) is 99.8 Å². The van der Waals surface area contributed by atoms with Crippen LogP contribution in [0.5, 0.6) is 0 Å². The molecule has 0 unspecified atom stereocenters. The summed E-state index contributed by atoms with van der Waals surface area (Å²) in [5, 5.41) is -0.163. The van der Waals surface area contributed by atoms with E-state index in [4.69, 9.17) is 8.85 Å². The van der Waals surface area contributed by atoms with E-state index < -0.39 is 14.2 Å². The number of fused-ring (bicyclic) bond motifs is 1. The van der Waals surface area contributed by atoms with Crippen LogP contribution in [0, 0.1) is 17.4 Å². The van der Waals surface area contributed by atoms with Crippen LogP contribution in [0.25, 0.3) is 0 Å². The molecule has 3 atom stereocenters. The molecule has 3 heteroatoms. The second-order valence-corrected chi connectivity index (χ2v) is 13.8. The third-order valence-corrected chi connectivity index (χ3v) is 10.9. The van der Waals surface area contributed by atoms with Gasteiger partial charge in [-0.15, -0.1) is 5.92 Å². The second kappa shape index (κ2) is 9.55. The lowest BCUT2D eigenvalue weighted by Crippen LogP contribution is -2.66. The van der Waals surface area contributed by atoms with Gasteiger partial charge in [-0.2, -0.15) is 0 Å². The Labute approximate surface area is 196 Å². The van der Waals surface area contributed by atoms with Crippen molar-refractivity contribution in [3.05, 3.63) is 71.8 Å². The standard InChI is InChI=1S/C29H38O2Si/c1-5-6-7-16-23-32(28(2,3)4)30-27-22-15-14-21-26(27)29(31-32,24-17-10-8-11-18-24)25-19-12-9-13-20-25/h8-13,17-20,26-27H,5-7,14-15,21-22H2,1-4H3/t26-,27+,32+/m1/s1. The van der Waals surface area contributed by atoms with E-state index in [1.54, 1.807) is 0 Å². The van der Waals surface area contributed by atoms with Gasteiger partial charge in [0.2, 0.25) is 0 Å². The van der Waals surface area contributed by atoms with Crippen molar-refractivity contribution in [1.82, 2.24) is 0 Å². The molecular formula is C29H38O2Si. The first-order valence-corrected chi connectivity index (χ1v) is 14.2. The molecular weight excluding hydrogens is 408 g/mol. The Morgan fingerprint density at radius 3 is 2.09 bits per heavy atom. The molecule has 2 aromatic carbocycles. The van der Waals surface area contributed by atoms with Gasteiger partial charge in [-0.25, -0.2) is 0 Å². The molecule has 0 amide bonds. The summed E-state index contributed by atoms with van der Waals surface area (Å²) in [6, 6.07) is 21.7. The minimum atomic E-state index is -2.90. The zero-order chi connectivity index (χ0) is 22.7. The van der Waals surface area contributed by atoms with Crippen LogP contribution in [0.3, 0.4) is 0 Å². The van der Waals surface area contributed by atoms with Crippen LogP contribution >= 0.6 is 0 Å². The van der Waals surface area contributed by atoms with Gasteiger partial charge in [0, 0.05) is 17.4 Å². The zero-order valence-electron chi connectivity index (χ0n) is 20.2. The van der Waals surface area contributed by atoms with Crippen LogP contribution in [0.15, 0.2) is 60.7 Å². The molecule has 32 heavy (non-hydrogen) atoms. The van der Waals surface area contributed by atoms with Gasteiger partial charge in [0.1, 0.15) is 5.60 Å². The van der Waals surface area contributed by atoms with Crippen LogP contribution in [0.2, 0.25) is 5.04 Å². The summed E-state index contributed by atoms with van der Waals surface area (Å²) in [5.74, 6) is 3.79. The Morgan fingerprint density at radius 2 is 1.53 bits per heavy atom. The van der Waals surface area contributed by atoms with E-state index >= 15 is 0 Å². The molecule has 1 heterocycles. The summed E-state index contributed by atoms with van der Waals surface area (Å²) < 4.78 is 14.6. The maximum atomic E-state index is 7.49. The van der Waals surface area contributed by atoms with E-state index in [0.717, 1.165) is 32.1 Å². The Morgan fingerprint density at radius 1 is 0.938 bits per heavy atom. The summed E-state index contributed by atoms with van der Waals surface area (Å²) in [4.78, 5) is 0. The minimum absolute atomic E-state index is 0.163. The highest BCUT2D eigenvalue weighted by atomic mass is 28.4. The highest BCUT2D eigenvalue weighted by molar-refractivity contribution is 6.78. The van der Waals surface area contributed by atoms with Gasteiger partial charge in [0.25, 0.3) is 0 Å². The molecule has 2 aliphatic rings. The van der Waals surface area contributed by atoms with Crippen molar-refractivity contribution in [3.63, 3.8) is 0 Å². The molecule has 0 aromatic heterocycles. The predicted molar refractivity (Wildman–Crippen MR) is 134 cm³/mol. The number of hydrogen-bond donors (Lipinski definition) is 0. The smallest absolute Gasteiger partial charge is 0.381 e. The van der Waals surface area contributed by atoms with Crippen LogP contribution in [-0.2, 0) is 14.5 Å². The molecule has 0 radical (unpaired) electrons. The Bertz CT molecular complexity index is 898. The maximum Gasteiger partial charge on any atom is 0.430 e. The first-order valence-electron chi connectivity index (χ1n) is 12.4. The molecule has 0 bridgehead atoms. The van der Waals surface area contributed by atoms with E-state index in [0.29, 0.717) is 5.92 Å². The predicted octanol–water partition coefficient (Wildman–Crippen LogP) is 7.51. The van der Waals surface area contributed by atoms with E-state index in [1.807, 2.05) is 0 Å². The zero-order valence-corrected chi connectivity index (χ0v) is 21.2. The fourth-order valence-corrected chi connectivity index (χ4v) is 8.44. The van der Waals surface area contributed by atoms with Gasteiger partial charge in [0.15, 0.2) is 0 Å². The molecule has 0 N–H and O–H groups in total. The van der Waals surface area contributed by atoms with Crippen molar-refractivity contribution in [3.8, 4) is 11.5 Å². The highest BCUT2D eigenvalue weighted by Crippen LogP contribution is 2.56. The Hall–Kier alpha value is -1.86. The Balaban J connectivity index is 1.94. The second-order valence-electron chi connectivity index (χ2n) is 10.4. The third-order valence-electron chi connectivity index (χ3n) is 7.15. The quantitative estimate of drug-likeness (QED) is 0.275. The summed E-state index contributed by atoms with van der Waals surface area (Å²) in [6.45, 7) is 9.00. The number of hydrogen-bond acceptors (Lipinski definition) is 2. The lowest BCUT2D eigenvalue weighted by molar-refractivity contribution is -0.122. The van der Waals surface area contributed by atoms with Crippen LogP contribution in [0.1, 0.15) is 83.8 Å². The lowest BCUT2D eigenvalue weighted by atomic mass is 9.68. The molecule has 1 saturated heterocycles. The van der Waals surface area contributed by atoms with Crippen LogP contribution in [-0.4, -0.2) is 14.7 Å². The lowest BCUT2D eigenvalue weighted by Gasteiger charge is -2.58. The van der Waals surface area contributed by atoms with E-state index in [9.17, 15) is 0 Å². The van der Waals surface area contributed by atoms with Crippen LogP contribution < -0.4 is 0 Å². The summed E-state index contributed by atoms with van der Waals surface area (Å²) >= 11 is 0. The van der Waals surface area contributed by atoms with Gasteiger partial charge in [-0.1, -0.05) is 113 Å². The van der Waals surface area contributed by atoms with Crippen molar-refractivity contribution in [2.24, 2.45) is 5.92 Å². The van der Waals surface area contributed by atoms with Gasteiger partial charge < -0.3 is 8.85 Å². The number of unbranched alkanes of at least 4 members (excludes halogenated alkanes) is 2. The highest BCUT2D eigenvalue weighted by Gasteiger charge is 2.64. The molecule has 1 aliphatic heterocycles. The SMILES string of the molecule is CCCCC#C[Si@]1(C(C)(C)C)O[C@H]2CCCC[C@H]2C(c2ccccc2)(c2ccccc2)O1. The van der Waals surface area contributed by atoms with Crippen molar-refractivity contribution >= 4 is 8.56 Å². The fraction of sp³-hybridized carbons (Fsp3) is 0.517. The molecule has 1 aliphatic carbocycles. The normalized spacial score (nSPS) is 27.1. The van der Waals surface area contributed by atoms with Crippen molar-refractivity contribution < 1.29 is 8.85 Å². The summed E-state index contributed by atoms with van der Waals surface area (Å²) in [6.07, 6.45) is 8.03. The monoisotopic (exact) mass is 446 g/mol. The molecule has 1 saturated carbocycles. The Kier molecular flexibility index (Phi) is 6.96. The average molecular weight is 447 g/mol. The first-order chi connectivity index (χ1) is 15.4. The average Bonchev–Trinajstić information content (AvgIpc) is 2.82. The summed E-state index contributed by atoms with van der Waals surface area (Å²) in [5.41, 5.74) is 5.64.